The van der Waals surface area contributed by atoms with Crippen LogP contribution in [-0.2, 0) is 19.6 Å². The molecule has 1 amide bonds. The van der Waals surface area contributed by atoms with E-state index in [0.29, 0.717) is 24.3 Å². The Bertz CT molecular complexity index is 791. The van der Waals surface area contributed by atoms with Gasteiger partial charge in [-0.05, 0) is 51.3 Å². The van der Waals surface area contributed by atoms with Crippen molar-refractivity contribution in [2.24, 2.45) is 0 Å². The summed E-state index contributed by atoms with van der Waals surface area (Å²) in [4.78, 5) is 23.9. The van der Waals surface area contributed by atoms with Gasteiger partial charge >= 0.3 is 5.97 Å². The first-order chi connectivity index (χ1) is 12.8. The van der Waals surface area contributed by atoms with Crippen LogP contribution in [0.15, 0.2) is 23.1 Å². The van der Waals surface area contributed by atoms with E-state index in [4.69, 9.17) is 4.74 Å². The summed E-state index contributed by atoms with van der Waals surface area (Å²) in [6.45, 7) is 6.31. The number of rotatable bonds is 7. The largest absolute Gasteiger partial charge is 0.466 e. The highest BCUT2D eigenvalue weighted by atomic mass is 32.2. The van der Waals surface area contributed by atoms with Gasteiger partial charge in [-0.2, -0.15) is 4.31 Å². The van der Waals surface area contributed by atoms with Gasteiger partial charge in [0, 0.05) is 24.7 Å². The summed E-state index contributed by atoms with van der Waals surface area (Å²) in [6.07, 6.45) is 2.78. The maximum absolute atomic E-state index is 13.0. The number of sulfonamides is 1. The third-order valence-corrected chi connectivity index (χ3v) is 6.73. The number of hydrogen-bond acceptors (Lipinski definition) is 5. The molecule has 1 aromatic rings. The molecule has 2 rings (SSSR count). The maximum atomic E-state index is 13.0. The topological polar surface area (TPSA) is 92.8 Å². The minimum Gasteiger partial charge on any atom is -0.466 e. The number of piperidine rings is 1. The van der Waals surface area contributed by atoms with Crippen molar-refractivity contribution >= 4 is 21.9 Å². The first kappa shape index (κ1) is 21.4. The molecule has 8 heteroatoms. The number of hydrogen-bond donors (Lipinski definition) is 1. The average Bonchev–Trinajstić information content (AvgIpc) is 2.62. The number of aryl methyl sites for hydroxylation is 1. The number of esters is 1. The summed E-state index contributed by atoms with van der Waals surface area (Å²) in [6, 6.07) is 4.56. The predicted molar refractivity (Wildman–Crippen MR) is 102 cm³/mol. The van der Waals surface area contributed by atoms with Crippen LogP contribution >= 0.6 is 0 Å². The number of nitrogens with one attached hydrogen (secondary N) is 1. The smallest absolute Gasteiger partial charge is 0.307 e. The van der Waals surface area contributed by atoms with Crippen molar-refractivity contribution in [1.29, 1.82) is 0 Å². The van der Waals surface area contributed by atoms with Crippen molar-refractivity contribution < 1.29 is 22.7 Å². The Kier molecular flexibility index (Phi) is 7.38. The van der Waals surface area contributed by atoms with Crippen LogP contribution in [-0.4, -0.2) is 50.3 Å². The summed E-state index contributed by atoms with van der Waals surface area (Å²) in [5.41, 5.74) is 0.971. The quantitative estimate of drug-likeness (QED) is 0.714. The van der Waals surface area contributed by atoms with E-state index >= 15 is 0 Å². The predicted octanol–water partition coefficient (Wildman–Crippen LogP) is 2.24. The van der Waals surface area contributed by atoms with E-state index in [-0.39, 0.29) is 29.9 Å². The van der Waals surface area contributed by atoms with Crippen LogP contribution in [0.2, 0.25) is 0 Å². The highest BCUT2D eigenvalue weighted by molar-refractivity contribution is 7.89. The number of nitrogens with zero attached hydrogens (tertiary/aromatic N) is 1. The molecule has 1 heterocycles. The monoisotopic (exact) mass is 396 g/mol. The standard InChI is InChI=1S/C19H28N2O5S/c1-4-26-18(22)10-11-20-19(23)17-13-16(9-8-14(17)2)27(24,25)21-12-6-5-7-15(21)3/h8-9,13,15H,4-7,10-12H2,1-3H3,(H,20,23). The van der Waals surface area contributed by atoms with Crippen LogP contribution in [0.25, 0.3) is 0 Å². The number of benzene rings is 1. The van der Waals surface area contributed by atoms with E-state index in [0.717, 1.165) is 19.3 Å². The van der Waals surface area contributed by atoms with Gasteiger partial charge in [0.05, 0.1) is 17.9 Å². The van der Waals surface area contributed by atoms with Gasteiger partial charge in [-0.1, -0.05) is 12.5 Å². The lowest BCUT2D eigenvalue weighted by molar-refractivity contribution is -0.142. The van der Waals surface area contributed by atoms with Crippen molar-refractivity contribution in [2.45, 2.75) is 57.4 Å². The Labute approximate surface area is 161 Å². The molecule has 27 heavy (non-hydrogen) atoms. The highest BCUT2D eigenvalue weighted by Gasteiger charge is 2.31. The Balaban J connectivity index is 2.15. The normalized spacial score (nSPS) is 18.1. The van der Waals surface area contributed by atoms with Crippen LogP contribution in [0, 0.1) is 6.92 Å². The van der Waals surface area contributed by atoms with E-state index in [9.17, 15) is 18.0 Å². The summed E-state index contributed by atoms with van der Waals surface area (Å²) in [5, 5.41) is 2.65. The Hall–Kier alpha value is -1.93. The summed E-state index contributed by atoms with van der Waals surface area (Å²) in [5.74, 6) is -0.787. The third kappa shape index (κ3) is 5.29. The SMILES string of the molecule is CCOC(=O)CCNC(=O)c1cc(S(=O)(=O)N2CCCCC2C)ccc1C. The number of amides is 1. The summed E-state index contributed by atoms with van der Waals surface area (Å²) in [7, 11) is -3.65. The van der Waals surface area contributed by atoms with E-state index in [1.165, 1.54) is 10.4 Å². The Morgan fingerprint density at radius 1 is 1.30 bits per heavy atom. The fourth-order valence-electron chi connectivity index (χ4n) is 3.18. The lowest BCUT2D eigenvalue weighted by Gasteiger charge is -2.32. The Morgan fingerprint density at radius 3 is 2.70 bits per heavy atom. The van der Waals surface area contributed by atoms with Gasteiger partial charge in [0.15, 0.2) is 0 Å². The zero-order chi connectivity index (χ0) is 20.0. The minimum absolute atomic E-state index is 0.0492. The fraction of sp³-hybridized carbons (Fsp3) is 0.579. The van der Waals surface area contributed by atoms with Crippen molar-refractivity contribution in [1.82, 2.24) is 9.62 Å². The molecular formula is C19H28N2O5S. The molecule has 0 aliphatic carbocycles. The van der Waals surface area contributed by atoms with E-state index < -0.39 is 15.9 Å². The van der Waals surface area contributed by atoms with Crippen LogP contribution in [0.5, 0.6) is 0 Å². The van der Waals surface area contributed by atoms with Gasteiger partial charge < -0.3 is 10.1 Å². The van der Waals surface area contributed by atoms with Crippen molar-refractivity contribution in [2.75, 3.05) is 19.7 Å². The van der Waals surface area contributed by atoms with Gasteiger partial charge in [-0.25, -0.2) is 8.42 Å². The molecule has 150 valence electrons. The zero-order valence-electron chi connectivity index (χ0n) is 16.2. The lowest BCUT2D eigenvalue weighted by atomic mass is 10.1. The van der Waals surface area contributed by atoms with Crippen molar-refractivity contribution in [3.63, 3.8) is 0 Å². The number of carbonyl (C=O) groups excluding carboxylic acids is 2. The second-order valence-electron chi connectivity index (χ2n) is 6.75. The number of ether oxygens (including phenoxy) is 1. The van der Waals surface area contributed by atoms with E-state index in [2.05, 4.69) is 5.32 Å². The molecule has 1 fully saturated rings. The molecule has 0 bridgehead atoms. The molecule has 0 radical (unpaired) electrons. The van der Waals surface area contributed by atoms with Crippen molar-refractivity contribution in [3.8, 4) is 0 Å². The van der Waals surface area contributed by atoms with Gasteiger partial charge in [0.1, 0.15) is 0 Å². The van der Waals surface area contributed by atoms with E-state index in [1.54, 1.807) is 26.0 Å². The van der Waals surface area contributed by atoms with Crippen molar-refractivity contribution in [3.05, 3.63) is 29.3 Å². The first-order valence-electron chi connectivity index (χ1n) is 9.33. The average molecular weight is 397 g/mol. The minimum atomic E-state index is -3.65. The fourth-order valence-corrected chi connectivity index (χ4v) is 4.90. The Morgan fingerprint density at radius 2 is 2.04 bits per heavy atom. The maximum Gasteiger partial charge on any atom is 0.307 e. The van der Waals surface area contributed by atoms with Crippen LogP contribution < -0.4 is 5.32 Å². The van der Waals surface area contributed by atoms with E-state index in [1.807, 2.05) is 6.92 Å². The zero-order valence-corrected chi connectivity index (χ0v) is 17.0. The molecule has 1 aliphatic rings. The van der Waals surface area contributed by atoms with Gasteiger partial charge in [0.2, 0.25) is 10.0 Å². The first-order valence-corrected chi connectivity index (χ1v) is 10.8. The molecular weight excluding hydrogens is 368 g/mol. The summed E-state index contributed by atoms with van der Waals surface area (Å²) < 4.78 is 32.3. The van der Waals surface area contributed by atoms with Gasteiger partial charge in [-0.3, -0.25) is 9.59 Å². The van der Waals surface area contributed by atoms with Gasteiger partial charge in [0.25, 0.3) is 5.91 Å². The lowest BCUT2D eigenvalue weighted by Crippen LogP contribution is -2.42. The third-order valence-electron chi connectivity index (χ3n) is 4.72. The molecule has 1 saturated heterocycles. The van der Waals surface area contributed by atoms with Gasteiger partial charge in [-0.15, -0.1) is 0 Å². The molecule has 0 saturated carbocycles. The molecule has 0 aromatic heterocycles. The molecule has 7 nitrogen and oxygen atoms in total. The molecule has 1 atom stereocenters. The van der Waals surface area contributed by atoms with Crippen LogP contribution in [0.3, 0.4) is 0 Å². The summed E-state index contributed by atoms with van der Waals surface area (Å²) >= 11 is 0. The molecule has 1 N–H and O–H groups in total. The molecule has 1 aliphatic heterocycles. The molecule has 1 aromatic carbocycles. The second-order valence-corrected chi connectivity index (χ2v) is 8.64. The molecule has 1 unspecified atom stereocenters. The highest BCUT2D eigenvalue weighted by Crippen LogP contribution is 2.26. The van der Waals surface area contributed by atoms with Crippen LogP contribution in [0.1, 0.15) is 55.5 Å². The van der Waals surface area contributed by atoms with Crippen LogP contribution in [0.4, 0.5) is 0 Å². The molecule has 0 spiro atoms. The number of carbonyl (C=O) groups is 2. The second kappa shape index (κ2) is 9.32.